The topological polar surface area (TPSA) is 90.7 Å². The molecule has 7 heteroatoms. The van der Waals surface area contributed by atoms with Gasteiger partial charge in [0.1, 0.15) is 5.84 Å². The number of benzene rings is 2. The van der Waals surface area contributed by atoms with Crippen molar-refractivity contribution >= 4 is 40.7 Å². The van der Waals surface area contributed by atoms with E-state index in [4.69, 9.17) is 39.5 Å². The zero-order chi connectivity index (χ0) is 18.8. The smallest absolute Gasteiger partial charge is 0.366 e. The number of nitrogens with zero attached hydrogens (tertiary/aromatic N) is 1. The lowest BCUT2D eigenvalue weighted by atomic mass is 9.83. The lowest BCUT2D eigenvalue weighted by Gasteiger charge is -2.26. The monoisotopic (exact) mass is 379 g/mol. The van der Waals surface area contributed by atoms with Gasteiger partial charge >= 0.3 is 5.97 Å². The minimum Gasteiger partial charge on any atom is -0.399 e. The Labute approximate surface area is 156 Å². The van der Waals surface area contributed by atoms with Crippen molar-refractivity contribution in [3.8, 4) is 0 Å². The van der Waals surface area contributed by atoms with E-state index in [-0.39, 0.29) is 5.84 Å². The van der Waals surface area contributed by atoms with Crippen LogP contribution in [0.3, 0.4) is 0 Å². The van der Waals surface area contributed by atoms with Crippen molar-refractivity contribution in [1.29, 1.82) is 0 Å². The highest BCUT2D eigenvalue weighted by atomic mass is 35.5. The van der Waals surface area contributed by atoms with E-state index in [1.807, 2.05) is 19.1 Å². The molecule has 0 saturated heterocycles. The highest BCUT2D eigenvalue weighted by Gasteiger charge is 2.31. The van der Waals surface area contributed by atoms with Crippen LogP contribution in [0.1, 0.15) is 35.3 Å². The molecule has 0 saturated carbocycles. The van der Waals surface area contributed by atoms with Gasteiger partial charge in [-0.15, -0.1) is 0 Å². The van der Waals surface area contributed by atoms with Crippen LogP contribution in [-0.2, 0) is 10.3 Å². The van der Waals surface area contributed by atoms with Crippen LogP contribution in [0.5, 0.6) is 0 Å². The molecule has 0 aromatic heterocycles. The van der Waals surface area contributed by atoms with Crippen LogP contribution in [0, 0.1) is 6.92 Å². The van der Waals surface area contributed by atoms with E-state index in [0.29, 0.717) is 26.9 Å². The fraction of sp³-hybridized carbons (Fsp3) is 0.222. The Balaban J connectivity index is 2.30. The van der Waals surface area contributed by atoms with Gasteiger partial charge in [0, 0.05) is 21.3 Å². The van der Waals surface area contributed by atoms with Crippen molar-refractivity contribution in [3.05, 3.63) is 63.1 Å². The van der Waals surface area contributed by atoms with Gasteiger partial charge in [0.2, 0.25) is 0 Å². The van der Waals surface area contributed by atoms with E-state index < -0.39 is 11.4 Å². The van der Waals surface area contributed by atoms with Gasteiger partial charge in [0.25, 0.3) is 0 Å². The van der Waals surface area contributed by atoms with Crippen molar-refractivity contribution in [2.45, 2.75) is 26.2 Å². The van der Waals surface area contributed by atoms with E-state index >= 15 is 0 Å². The van der Waals surface area contributed by atoms with E-state index in [9.17, 15) is 4.79 Å². The summed E-state index contributed by atoms with van der Waals surface area (Å²) in [6.07, 6.45) is 0. The van der Waals surface area contributed by atoms with Crippen LogP contribution >= 0.6 is 23.2 Å². The van der Waals surface area contributed by atoms with E-state index in [0.717, 1.165) is 5.56 Å². The largest absolute Gasteiger partial charge is 0.399 e. The van der Waals surface area contributed by atoms with Crippen LogP contribution in [0.25, 0.3) is 0 Å². The number of oxime groups is 1. The first-order valence-electron chi connectivity index (χ1n) is 7.50. The van der Waals surface area contributed by atoms with Crippen LogP contribution in [0.4, 0.5) is 5.69 Å². The first-order chi connectivity index (χ1) is 11.6. The standard InChI is InChI=1S/C18H19Cl2N3O2/c1-10-6-4-5-7-12(10)16(24)25-23-17(22)18(2,3)15-13(19)8-11(21)9-14(15)20/h4-9H,21H2,1-3H3,(H2,22,23). The molecule has 0 spiro atoms. The molecule has 5 nitrogen and oxygen atoms in total. The van der Waals surface area contributed by atoms with Crippen LogP contribution in [0.15, 0.2) is 41.6 Å². The molecule has 0 atom stereocenters. The molecule has 0 radical (unpaired) electrons. The van der Waals surface area contributed by atoms with Gasteiger partial charge in [-0.1, -0.05) is 46.6 Å². The Bertz CT molecular complexity index is 825. The molecule has 2 aromatic carbocycles. The predicted octanol–water partition coefficient (Wildman–Crippen LogP) is 4.29. The van der Waals surface area contributed by atoms with Gasteiger partial charge in [-0.25, -0.2) is 4.79 Å². The third-order valence-corrected chi connectivity index (χ3v) is 4.52. The van der Waals surface area contributed by atoms with E-state index in [1.54, 1.807) is 38.1 Å². The zero-order valence-electron chi connectivity index (χ0n) is 14.1. The third-order valence-electron chi connectivity index (χ3n) is 3.92. The Kier molecular flexibility index (Phi) is 5.60. The summed E-state index contributed by atoms with van der Waals surface area (Å²) in [6.45, 7) is 5.36. The molecule has 0 aliphatic rings. The molecule has 0 fully saturated rings. The molecule has 0 heterocycles. The molecule has 0 bridgehead atoms. The number of carbonyl (C=O) groups is 1. The molecule has 0 amide bonds. The fourth-order valence-corrected chi connectivity index (χ4v) is 3.35. The van der Waals surface area contributed by atoms with Gasteiger partial charge < -0.3 is 16.3 Å². The van der Waals surface area contributed by atoms with E-state index in [2.05, 4.69) is 5.16 Å². The number of carbonyl (C=O) groups excluding carboxylic acids is 1. The van der Waals surface area contributed by atoms with Gasteiger partial charge in [-0.3, -0.25) is 0 Å². The number of aryl methyl sites for hydroxylation is 1. The number of anilines is 1. The number of amidine groups is 1. The zero-order valence-corrected chi connectivity index (χ0v) is 15.7. The van der Waals surface area contributed by atoms with Crippen molar-refractivity contribution in [2.75, 3.05) is 5.73 Å². The Morgan fingerprint density at radius 3 is 2.28 bits per heavy atom. The van der Waals surface area contributed by atoms with Crippen molar-refractivity contribution < 1.29 is 9.63 Å². The molecule has 0 unspecified atom stereocenters. The SMILES string of the molecule is Cc1ccccc1C(=O)ON=C(N)C(C)(C)c1c(Cl)cc(N)cc1Cl. The first kappa shape index (κ1) is 19.1. The number of halogens is 2. The lowest BCUT2D eigenvalue weighted by Crippen LogP contribution is -2.37. The highest BCUT2D eigenvalue weighted by molar-refractivity contribution is 6.37. The molecule has 132 valence electrons. The quantitative estimate of drug-likeness (QED) is 0.272. The molecular formula is C18H19Cl2N3O2. The molecule has 0 aliphatic heterocycles. The predicted molar refractivity (Wildman–Crippen MR) is 102 cm³/mol. The number of hydrogen-bond acceptors (Lipinski definition) is 4. The molecule has 2 aromatic rings. The third kappa shape index (κ3) is 4.06. The molecule has 25 heavy (non-hydrogen) atoms. The van der Waals surface area contributed by atoms with Crippen molar-refractivity contribution in [3.63, 3.8) is 0 Å². The average Bonchev–Trinajstić information content (AvgIpc) is 2.51. The maximum absolute atomic E-state index is 12.2. The van der Waals surface area contributed by atoms with Gasteiger partial charge in [0.05, 0.1) is 11.0 Å². The summed E-state index contributed by atoms with van der Waals surface area (Å²) in [5.74, 6) is -0.533. The number of nitrogen functional groups attached to an aromatic ring is 1. The summed E-state index contributed by atoms with van der Waals surface area (Å²) in [5.41, 5.74) is 13.1. The van der Waals surface area contributed by atoms with Crippen molar-refractivity contribution in [2.24, 2.45) is 10.9 Å². The Morgan fingerprint density at radius 1 is 1.16 bits per heavy atom. The van der Waals surface area contributed by atoms with E-state index in [1.165, 1.54) is 0 Å². The summed E-state index contributed by atoms with van der Waals surface area (Å²) < 4.78 is 0. The first-order valence-corrected chi connectivity index (χ1v) is 8.26. The number of rotatable bonds is 4. The summed E-state index contributed by atoms with van der Waals surface area (Å²) in [4.78, 5) is 17.2. The van der Waals surface area contributed by atoms with Crippen LogP contribution < -0.4 is 11.5 Å². The fourth-order valence-electron chi connectivity index (χ4n) is 2.37. The highest BCUT2D eigenvalue weighted by Crippen LogP contribution is 2.37. The summed E-state index contributed by atoms with van der Waals surface area (Å²) >= 11 is 12.5. The number of nitrogens with two attached hydrogens (primary N) is 2. The summed E-state index contributed by atoms with van der Waals surface area (Å²) in [7, 11) is 0. The number of hydrogen-bond donors (Lipinski definition) is 2. The Hall–Kier alpha value is -2.24. The summed E-state index contributed by atoms with van der Waals surface area (Å²) in [5, 5.41) is 4.51. The minimum atomic E-state index is -0.867. The Morgan fingerprint density at radius 2 is 1.72 bits per heavy atom. The molecule has 2 rings (SSSR count). The second-order valence-electron chi connectivity index (χ2n) is 6.15. The molecular weight excluding hydrogens is 361 g/mol. The lowest BCUT2D eigenvalue weighted by molar-refractivity contribution is 0.0512. The second kappa shape index (κ2) is 7.33. The van der Waals surface area contributed by atoms with Crippen LogP contribution in [0.2, 0.25) is 10.0 Å². The maximum Gasteiger partial charge on any atom is 0.366 e. The molecule has 4 N–H and O–H groups in total. The molecule has 0 aliphatic carbocycles. The minimum absolute atomic E-state index is 0.0583. The normalized spacial score (nSPS) is 12.1. The second-order valence-corrected chi connectivity index (χ2v) is 6.97. The average molecular weight is 380 g/mol. The van der Waals surface area contributed by atoms with Gasteiger partial charge in [-0.05, 0) is 44.5 Å². The van der Waals surface area contributed by atoms with Crippen LogP contribution in [-0.4, -0.2) is 11.8 Å². The van der Waals surface area contributed by atoms with Crippen molar-refractivity contribution in [1.82, 2.24) is 0 Å². The summed E-state index contributed by atoms with van der Waals surface area (Å²) in [6, 6.07) is 10.2. The maximum atomic E-state index is 12.2. The van der Waals surface area contributed by atoms with Gasteiger partial charge in [-0.2, -0.15) is 0 Å². The van der Waals surface area contributed by atoms with Gasteiger partial charge in [0.15, 0.2) is 0 Å².